The summed E-state index contributed by atoms with van der Waals surface area (Å²) in [5.74, 6) is -2.22. The first kappa shape index (κ1) is 23.8. The summed E-state index contributed by atoms with van der Waals surface area (Å²) in [6.45, 7) is -0.145. The highest BCUT2D eigenvalue weighted by Crippen LogP contribution is 2.40. The predicted octanol–water partition coefficient (Wildman–Crippen LogP) is 4.44. The topological polar surface area (TPSA) is 71.0 Å². The van der Waals surface area contributed by atoms with E-state index in [2.05, 4.69) is 4.99 Å². The SMILES string of the molecule is COc1ccc(CN2C(=O)[C@](NC(=O)C3CCCCC3)(C(F)(F)F)N=C2c2ccccc2)cc1. The van der Waals surface area contributed by atoms with E-state index >= 15 is 0 Å². The van der Waals surface area contributed by atoms with Crippen molar-refractivity contribution in [1.82, 2.24) is 10.2 Å². The van der Waals surface area contributed by atoms with Gasteiger partial charge in [0.05, 0.1) is 13.7 Å². The molecule has 2 aromatic rings. The summed E-state index contributed by atoms with van der Waals surface area (Å²) in [7, 11) is 1.51. The van der Waals surface area contributed by atoms with Gasteiger partial charge in [0.1, 0.15) is 11.6 Å². The zero-order chi connectivity index (χ0) is 24.3. The molecule has 1 heterocycles. The molecule has 1 fully saturated rings. The molecular weight excluding hydrogens is 447 g/mol. The van der Waals surface area contributed by atoms with E-state index in [-0.39, 0.29) is 12.4 Å². The third-order valence-electron chi connectivity index (χ3n) is 6.31. The standard InChI is InChI=1S/C25H26F3N3O3/c1-34-20-14-12-17(13-15-20)16-31-21(18-8-4-2-5-9-18)29-24(23(31)33,25(26,27)28)30-22(32)19-10-6-3-7-11-19/h2,4-5,8-9,12-15,19H,3,6-7,10-11,16H2,1H3,(H,30,32)/t24-/m0/s1. The highest BCUT2D eigenvalue weighted by molar-refractivity contribution is 6.16. The zero-order valence-electron chi connectivity index (χ0n) is 18.8. The highest BCUT2D eigenvalue weighted by Gasteiger charge is 2.67. The summed E-state index contributed by atoms with van der Waals surface area (Å²) in [4.78, 5) is 31.2. The number of amidine groups is 1. The lowest BCUT2D eigenvalue weighted by Gasteiger charge is -2.31. The molecule has 0 radical (unpaired) electrons. The van der Waals surface area contributed by atoms with E-state index in [1.165, 1.54) is 7.11 Å². The van der Waals surface area contributed by atoms with Gasteiger partial charge in [0, 0.05) is 11.5 Å². The van der Waals surface area contributed by atoms with Crippen LogP contribution in [0.1, 0.15) is 43.2 Å². The molecule has 2 aliphatic rings. The molecule has 1 atom stereocenters. The van der Waals surface area contributed by atoms with Gasteiger partial charge in [0.2, 0.25) is 5.91 Å². The van der Waals surface area contributed by atoms with Gasteiger partial charge < -0.3 is 10.1 Å². The number of hydrogen-bond acceptors (Lipinski definition) is 4. The van der Waals surface area contributed by atoms with Crippen LogP contribution in [-0.4, -0.2) is 41.5 Å². The summed E-state index contributed by atoms with van der Waals surface area (Å²) < 4.78 is 48.7. The second-order valence-electron chi connectivity index (χ2n) is 8.57. The minimum Gasteiger partial charge on any atom is -0.497 e. The molecule has 0 aromatic heterocycles. The Bertz CT molecular complexity index is 1060. The van der Waals surface area contributed by atoms with E-state index in [9.17, 15) is 22.8 Å². The fraction of sp³-hybridized carbons (Fsp3) is 0.400. The minimum atomic E-state index is -5.12. The lowest BCUT2D eigenvalue weighted by Crippen LogP contribution is -2.64. The van der Waals surface area contributed by atoms with Gasteiger partial charge in [-0.15, -0.1) is 0 Å². The van der Waals surface area contributed by atoms with Crippen molar-refractivity contribution in [1.29, 1.82) is 0 Å². The van der Waals surface area contributed by atoms with Gasteiger partial charge in [-0.25, -0.2) is 4.99 Å². The smallest absolute Gasteiger partial charge is 0.442 e. The van der Waals surface area contributed by atoms with E-state index in [1.807, 2.05) is 5.32 Å². The van der Waals surface area contributed by atoms with Gasteiger partial charge in [-0.1, -0.05) is 61.7 Å². The van der Waals surface area contributed by atoms with Gasteiger partial charge in [-0.3, -0.25) is 14.5 Å². The Kier molecular flexibility index (Phi) is 6.63. The molecule has 1 aliphatic carbocycles. The van der Waals surface area contributed by atoms with Crippen molar-refractivity contribution in [2.45, 2.75) is 50.5 Å². The van der Waals surface area contributed by atoms with Crippen LogP contribution < -0.4 is 10.1 Å². The lowest BCUT2D eigenvalue weighted by atomic mass is 9.88. The van der Waals surface area contributed by atoms with Gasteiger partial charge in [0.25, 0.3) is 5.91 Å². The number of aliphatic imine (C=N–C) groups is 1. The molecule has 4 rings (SSSR count). The normalized spacial score (nSPS) is 21.4. The molecule has 1 aliphatic heterocycles. The van der Waals surface area contributed by atoms with E-state index < -0.39 is 29.6 Å². The lowest BCUT2D eigenvalue weighted by molar-refractivity contribution is -0.201. The predicted molar refractivity (Wildman–Crippen MR) is 120 cm³/mol. The second kappa shape index (κ2) is 9.48. The number of methoxy groups -OCH3 is 1. The number of hydrogen-bond donors (Lipinski definition) is 1. The van der Waals surface area contributed by atoms with Crippen LogP contribution in [0.3, 0.4) is 0 Å². The number of carbonyl (C=O) groups excluding carboxylic acids is 2. The van der Waals surface area contributed by atoms with Crippen molar-refractivity contribution >= 4 is 17.6 Å². The molecular formula is C25H26F3N3O3. The highest BCUT2D eigenvalue weighted by atomic mass is 19.4. The van der Waals surface area contributed by atoms with Crippen LogP contribution in [0, 0.1) is 5.92 Å². The Balaban J connectivity index is 1.73. The first-order valence-corrected chi connectivity index (χ1v) is 11.2. The minimum absolute atomic E-state index is 0.136. The van der Waals surface area contributed by atoms with Crippen LogP contribution in [0.5, 0.6) is 5.75 Å². The van der Waals surface area contributed by atoms with Crippen LogP contribution >= 0.6 is 0 Å². The molecule has 0 unspecified atom stereocenters. The van der Waals surface area contributed by atoms with Gasteiger partial charge in [0.15, 0.2) is 0 Å². The maximum absolute atomic E-state index is 14.5. The molecule has 34 heavy (non-hydrogen) atoms. The number of amides is 2. The maximum atomic E-state index is 14.5. The Hall–Kier alpha value is -3.36. The molecule has 0 bridgehead atoms. The van der Waals surface area contributed by atoms with Crippen LogP contribution in [0.15, 0.2) is 59.6 Å². The quantitative estimate of drug-likeness (QED) is 0.675. The number of halogens is 3. The fourth-order valence-electron chi connectivity index (χ4n) is 4.41. The van der Waals surface area contributed by atoms with Crippen LogP contribution in [-0.2, 0) is 16.1 Å². The molecule has 180 valence electrons. The number of ether oxygens (including phenoxy) is 1. The Morgan fingerprint density at radius 2 is 1.74 bits per heavy atom. The second-order valence-corrected chi connectivity index (χ2v) is 8.57. The summed E-state index contributed by atoms with van der Waals surface area (Å²) in [6.07, 6.45) is -1.64. The van der Waals surface area contributed by atoms with Crippen LogP contribution in [0.4, 0.5) is 13.2 Å². The molecule has 2 aromatic carbocycles. The third kappa shape index (κ3) is 4.51. The van der Waals surface area contributed by atoms with E-state index in [1.54, 1.807) is 54.6 Å². The van der Waals surface area contributed by atoms with Crippen molar-refractivity contribution in [2.24, 2.45) is 10.9 Å². The summed E-state index contributed by atoms with van der Waals surface area (Å²) in [6, 6.07) is 14.9. The van der Waals surface area contributed by atoms with E-state index in [0.717, 1.165) is 24.2 Å². The first-order valence-electron chi connectivity index (χ1n) is 11.2. The Morgan fingerprint density at radius 1 is 1.09 bits per heavy atom. The number of benzene rings is 2. The number of alkyl halides is 3. The van der Waals surface area contributed by atoms with Gasteiger partial charge >= 0.3 is 11.8 Å². The number of carbonyl (C=O) groups is 2. The third-order valence-corrected chi connectivity index (χ3v) is 6.31. The van der Waals surface area contributed by atoms with Crippen molar-refractivity contribution in [3.63, 3.8) is 0 Å². The molecule has 2 amide bonds. The van der Waals surface area contributed by atoms with Crippen molar-refractivity contribution in [2.75, 3.05) is 7.11 Å². The Labute approximate surface area is 195 Å². The fourth-order valence-corrected chi connectivity index (χ4v) is 4.41. The zero-order valence-corrected chi connectivity index (χ0v) is 18.8. The van der Waals surface area contributed by atoms with E-state index in [0.29, 0.717) is 29.7 Å². The van der Waals surface area contributed by atoms with Crippen molar-refractivity contribution in [3.8, 4) is 5.75 Å². The molecule has 0 saturated heterocycles. The van der Waals surface area contributed by atoms with E-state index in [4.69, 9.17) is 4.74 Å². The Morgan fingerprint density at radius 3 is 2.32 bits per heavy atom. The number of nitrogens with zero attached hydrogens (tertiary/aromatic N) is 2. The first-order chi connectivity index (χ1) is 16.2. The van der Waals surface area contributed by atoms with Crippen molar-refractivity contribution in [3.05, 3.63) is 65.7 Å². The molecule has 6 nitrogen and oxygen atoms in total. The van der Waals surface area contributed by atoms with Crippen LogP contribution in [0.25, 0.3) is 0 Å². The maximum Gasteiger partial charge on any atom is 0.442 e. The monoisotopic (exact) mass is 473 g/mol. The molecule has 0 spiro atoms. The summed E-state index contributed by atoms with van der Waals surface area (Å²) in [5.41, 5.74) is -2.42. The molecule has 1 N–H and O–H groups in total. The number of nitrogens with one attached hydrogen (secondary N) is 1. The van der Waals surface area contributed by atoms with Gasteiger partial charge in [-0.2, -0.15) is 13.2 Å². The molecule has 9 heteroatoms. The summed E-state index contributed by atoms with van der Waals surface area (Å²) in [5, 5.41) is 2.02. The summed E-state index contributed by atoms with van der Waals surface area (Å²) >= 11 is 0. The van der Waals surface area contributed by atoms with Crippen molar-refractivity contribution < 1.29 is 27.5 Å². The van der Waals surface area contributed by atoms with Gasteiger partial charge in [-0.05, 0) is 30.5 Å². The average Bonchev–Trinajstić information content (AvgIpc) is 3.13. The average molecular weight is 473 g/mol. The number of rotatable bonds is 6. The van der Waals surface area contributed by atoms with Crippen LogP contribution in [0.2, 0.25) is 0 Å². The largest absolute Gasteiger partial charge is 0.497 e. The molecule has 1 saturated carbocycles.